The number of aromatic nitrogens is 1. The highest BCUT2D eigenvalue weighted by Crippen LogP contribution is 2.32. The summed E-state index contributed by atoms with van der Waals surface area (Å²) < 4.78 is 11.0. The first-order chi connectivity index (χ1) is 32.1. The van der Waals surface area contributed by atoms with Crippen molar-refractivity contribution >= 4 is 64.5 Å². The van der Waals surface area contributed by atoms with Crippen LogP contribution in [0.15, 0.2) is 23.6 Å². The molecule has 1 aromatic carbocycles. The molecule has 0 spiro atoms. The van der Waals surface area contributed by atoms with Gasteiger partial charge in [-0.1, -0.05) is 53.5 Å². The van der Waals surface area contributed by atoms with Crippen LogP contribution in [0.1, 0.15) is 127 Å². The molecule has 6 N–H and O–H groups in total. The van der Waals surface area contributed by atoms with Gasteiger partial charge in [-0.2, -0.15) is 0 Å². The highest BCUT2D eigenvalue weighted by atomic mass is 32.1. The molecule has 1 aromatic heterocycles. The van der Waals surface area contributed by atoms with Crippen LogP contribution in [0, 0.1) is 29.6 Å². The smallest absolute Gasteiger partial charge is 0.382 e. The summed E-state index contributed by atoms with van der Waals surface area (Å²) in [6.45, 7) is 13.4. The molecule has 68 heavy (non-hydrogen) atoms. The summed E-state index contributed by atoms with van der Waals surface area (Å²) >= 11 is 1.11. The number of anilines is 1. The van der Waals surface area contributed by atoms with Crippen molar-refractivity contribution in [1.82, 2.24) is 30.7 Å². The fourth-order valence-corrected chi connectivity index (χ4v) is 8.77. The van der Waals surface area contributed by atoms with Gasteiger partial charge >= 0.3 is 17.9 Å². The second-order valence-electron chi connectivity index (χ2n) is 17.6. The number of ether oxygens (including phenoxy) is 2. The lowest BCUT2D eigenvalue weighted by Crippen LogP contribution is -2.58. The van der Waals surface area contributed by atoms with Gasteiger partial charge in [-0.25, -0.2) is 9.78 Å². The number of carboxylic acid groups (broad SMARTS) is 1. The number of phenols is 1. The fourth-order valence-electron chi connectivity index (χ4n) is 7.93. The first kappa shape index (κ1) is 56.3. The summed E-state index contributed by atoms with van der Waals surface area (Å²) in [5.74, 6) is -2.33. The van der Waals surface area contributed by atoms with Crippen LogP contribution in [0.5, 0.6) is 5.75 Å². The number of carbonyl (C=O) groups excluding carboxylic acids is 7. The first-order valence-electron chi connectivity index (χ1n) is 23.2. The molecule has 19 nitrogen and oxygen atoms in total. The molecule has 20 heteroatoms. The molecule has 374 valence electrons. The second-order valence-corrected chi connectivity index (χ2v) is 18.5. The maximum absolute atomic E-state index is 14.3. The van der Waals surface area contributed by atoms with E-state index in [2.05, 4.69) is 26.3 Å². The van der Waals surface area contributed by atoms with Gasteiger partial charge in [0, 0.05) is 62.7 Å². The van der Waals surface area contributed by atoms with Gasteiger partial charge in [0.2, 0.25) is 17.7 Å². The van der Waals surface area contributed by atoms with Crippen LogP contribution >= 0.6 is 11.3 Å². The van der Waals surface area contributed by atoms with Gasteiger partial charge in [-0.05, 0) is 82.2 Å². The predicted octanol–water partition coefficient (Wildman–Crippen LogP) is 4.19. The van der Waals surface area contributed by atoms with Crippen molar-refractivity contribution in [2.75, 3.05) is 39.1 Å². The van der Waals surface area contributed by atoms with Gasteiger partial charge in [0.15, 0.2) is 6.10 Å². The Morgan fingerprint density at radius 3 is 2.37 bits per heavy atom. The summed E-state index contributed by atoms with van der Waals surface area (Å²) in [7, 11) is 3.60. The molecule has 1 unspecified atom stereocenters. The highest BCUT2D eigenvalue weighted by molar-refractivity contribution is 7.09. The molecule has 7 atom stereocenters. The molecule has 0 bridgehead atoms. The largest absolute Gasteiger partial charge is 0.506 e. The molecule has 0 radical (unpaired) electrons. The standard InChI is InChI=1S/C48H69N7O12S/c1-10-29(5)43(53-45(63)36-15-12-13-22-54(36)8)47(64)55(9)37(28(3)4)26-39(67-31(7)56)46-52-35(27-68-46)44(62)50-33(23-30(6)48(65)66-11-2)24-32-17-18-38(57)34(25-32)51-41(59)16-14-21-49-40(58)19-20-42(60)61/h17-18,25,27-30,33,36-37,39,43,57H,10-16,21-24,26H2,1-9H3,(H,49,58)(H,50,62)(H,51,59)(H,53,63)(H,60,61)/t29-,30?,33+,36+,37+,39+,43-/m0/s1. The zero-order valence-corrected chi connectivity index (χ0v) is 41.5. The topological polar surface area (TPSA) is 263 Å². The number of hydrogen-bond acceptors (Lipinski definition) is 14. The Hall–Kier alpha value is -6.07. The van der Waals surface area contributed by atoms with Crippen LogP contribution in [-0.2, 0) is 49.5 Å². The Balaban J connectivity index is 1.81. The molecule has 2 aromatic rings. The molecule has 2 heterocycles. The molecule has 5 amide bonds. The summed E-state index contributed by atoms with van der Waals surface area (Å²) in [6.07, 6.45) is 2.97. The number of aromatic hydroxyl groups is 1. The number of esters is 2. The first-order valence-corrected chi connectivity index (χ1v) is 24.0. The van der Waals surface area contributed by atoms with Crippen molar-refractivity contribution in [3.63, 3.8) is 0 Å². The number of aliphatic carboxylic acids is 1. The maximum atomic E-state index is 14.3. The van der Waals surface area contributed by atoms with Crippen molar-refractivity contribution < 1.29 is 58.0 Å². The Labute approximate surface area is 402 Å². The fraction of sp³-hybridized carbons (Fsp3) is 0.604. The number of benzene rings is 1. The molecule has 1 fully saturated rings. The summed E-state index contributed by atoms with van der Waals surface area (Å²) in [6, 6.07) is 2.28. The number of hydrogen-bond donors (Lipinski definition) is 6. The minimum absolute atomic E-state index is 0.0254. The Morgan fingerprint density at radius 2 is 1.74 bits per heavy atom. The third-order valence-electron chi connectivity index (χ3n) is 11.9. The lowest BCUT2D eigenvalue weighted by atomic mass is 9.92. The average Bonchev–Trinajstić information content (AvgIpc) is 3.79. The van der Waals surface area contributed by atoms with Gasteiger partial charge in [-0.15, -0.1) is 11.3 Å². The number of piperidine rings is 1. The number of likely N-dealkylation sites (N-methyl/N-ethyl adjacent to an activating group) is 2. The van der Waals surface area contributed by atoms with E-state index in [-0.39, 0.29) is 92.1 Å². The summed E-state index contributed by atoms with van der Waals surface area (Å²) in [5.41, 5.74) is 0.706. The maximum Gasteiger partial charge on any atom is 0.382 e. The number of nitrogens with zero attached hydrogens (tertiary/aromatic N) is 3. The molecule has 0 aliphatic carbocycles. The van der Waals surface area contributed by atoms with E-state index < -0.39 is 65.8 Å². The van der Waals surface area contributed by atoms with E-state index in [9.17, 15) is 43.5 Å². The number of rotatable bonds is 24. The van der Waals surface area contributed by atoms with E-state index >= 15 is 0 Å². The molecule has 3 rings (SSSR count). The number of phenolic OH excluding ortho intramolecular Hbond substituents is 1. The number of nitrogens with one attached hydrogen (secondary N) is 4. The van der Waals surface area contributed by atoms with Crippen molar-refractivity contribution in [2.24, 2.45) is 17.8 Å². The van der Waals surface area contributed by atoms with Gasteiger partial charge in [0.1, 0.15) is 22.5 Å². The number of carboxylic acids is 1. The lowest BCUT2D eigenvalue weighted by molar-refractivity contribution is -0.149. The van der Waals surface area contributed by atoms with Crippen LogP contribution in [0.25, 0.3) is 0 Å². The molecule has 0 saturated carbocycles. The molecule has 1 saturated heterocycles. The van der Waals surface area contributed by atoms with Crippen LogP contribution in [0.2, 0.25) is 0 Å². The summed E-state index contributed by atoms with van der Waals surface area (Å²) in [4.78, 5) is 110. The van der Waals surface area contributed by atoms with E-state index in [1.165, 1.54) is 24.4 Å². The van der Waals surface area contributed by atoms with Crippen LogP contribution < -0.4 is 21.3 Å². The third kappa shape index (κ3) is 17.9. The number of amides is 5. The summed E-state index contributed by atoms with van der Waals surface area (Å²) in [5, 5.41) is 32.1. The minimum atomic E-state index is -1.45. The predicted molar refractivity (Wildman–Crippen MR) is 254 cm³/mol. The minimum Gasteiger partial charge on any atom is -0.506 e. The number of thiazole rings is 1. The molecule has 1 aliphatic rings. The Bertz CT molecular complexity index is 2150. The van der Waals surface area contributed by atoms with Gasteiger partial charge in [-0.3, -0.25) is 38.5 Å². The second kappa shape index (κ2) is 27.7. The van der Waals surface area contributed by atoms with E-state index in [1.807, 2.05) is 45.6 Å². The SMILES string of the molecule is CCOC(=O)C(C)C[C@H](Cc1ccc(O)c(NC(=O)CCCNC(=O)C#CC(=O)O)c1)NC(=O)c1csc([C@@H](C[C@H](C(C)C)N(C)C(=O)[C@@H](NC(=O)[C@H]2CCCCN2C)[C@@H](C)CC)OC(C)=O)n1. The monoisotopic (exact) mass is 967 g/mol. The van der Waals surface area contributed by atoms with E-state index in [4.69, 9.17) is 14.6 Å². The molecular formula is C48H69N7O12S. The highest BCUT2D eigenvalue weighted by Gasteiger charge is 2.37. The number of carbonyl (C=O) groups is 8. The van der Waals surface area contributed by atoms with Gasteiger partial charge in [0.05, 0.1) is 24.3 Å². The van der Waals surface area contributed by atoms with Crippen LogP contribution in [0.4, 0.5) is 5.69 Å². The molecular weight excluding hydrogens is 899 g/mol. The van der Waals surface area contributed by atoms with Gasteiger partial charge in [0.25, 0.3) is 11.8 Å². The number of likely N-dealkylation sites (tertiary alicyclic amines) is 1. The van der Waals surface area contributed by atoms with Crippen molar-refractivity contribution in [2.45, 2.75) is 137 Å². The van der Waals surface area contributed by atoms with Crippen molar-refractivity contribution in [1.29, 1.82) is 0 Å². The average molecular weight is 968 g/mol. The van der Waals surface area contributed by atoms with E-state index in [1.54, 1.807) is 37.8 Å². The van der Waals surface area contributed by atoms with Crippen LogP contribution in [0.3, 0.4) is 0 Å². The van der Waals surface area contributed by atoms with E-state index in [0.29, 0.717) is 23.4 Å². The van der Waals surface area contributed by atoms with Crippen molar-refractivity contribution in [3.05, 3.63) is 39.8 Å². The normalized spacial score (nSPS) is 16.3. The van der Waals surface area contributed by atoms with Gasteiger partial charge < -0.3 is 45.9 Å². The zero-order chi connectivity index (χ0) is 50.7. The Morgan fingerprint density at radius 1 is 1.01 bits per heavy atom. The molecule has 1 aliphatic heterocycles. The lowest BCUT2D eigenvalue weighted by Gasteiger charge is -2.38. The third-order valence-corrected chi connectivity index (χ3v) is 12.8. The zero-order valence-electron chi connectivity index (χ0n) is 40.6. The van der Waals surface area contributed by atoms with Crippen molar-refractivity contribution in [3.8, 4) is 17.6 Å². The Kier molecular flexibility index (Phi) is 22.9. The van der Waals surface area contributed by atoms with E-state index in [0.717, 1.165) is 30.7 Å². The quantitative estimate of drug-likeness (QED) is 0.0373. The van der Waals surface area contributed by atoms with Crippen LogP contribution in [-0.4, -0.2) is 130 Å².